The predicted octanol–water partition coefficient (Wildman–Crippen LogP) is 4.86. The maximum Gasteiger partial charge on any atom is 0.319 e. The average molecular weight is 361 g/mol. The lowest BCUT2D eigenvalue weighted by atomic mass is 9.84. The number of halogens is 1. The lowest BCUT2D eigenvalue weighted by Crippen LogP contribution is -2.39. The van der Waals surface area contributed by atoms with Crippen LogP contribution in [0.2, 0.25) is 0 Å². The Balaban J connectivity index is 1.95. The Morgan fingerprint density at radius 3 is 2.36 bits per heavy atom. The van der Waals surface area contributed by atoms with E-state index in [1.807, 2.05) is 24.3 Å². The summed E-state index contributed by atoms with van der Waals surface area (Å²) in [6, 6.07) is 15.8. The number of amides is 2. The Hall–Kier alpha value is -1.81. The van der Waals surface area contributed by atoms with Gasteiger partial charge in [0.1, 0.15) is 0 Å². The number of carbonyl (C=O) groups excluding carboxylic acids is 1. The molecule has 0 unspecified atom stereocenters. The van der Waals surface area contributed by atoms with Crippen LogP contribution in [0.3, 0.4) is 0 Å². The number of carbonyl (C=O) groups is 1. The fourth-order valence-electron chi connectivity index (χ4n) is 2.14. The molecule has 2 aromatic rings. The molecule has 0 radical (unpaired) electrons. The lowest BCUT2D eigenvalue weighted by molar-refractivity contribution is 0.249. The molecule has 0 aliphatic rings. The minimum absolute atomic E-state index is 0.126. The summed E-state index contributed by atoms with van der Waals surface area (Å²) >= 11 is 3.42. The number of hydrogen-bond donors (Lipinski definition) is 2. The Labute approximate surface area is 140 Å². The fourth-order valence-corrected chi connectivity index (χ4v) is 2.52. The van der Waals surface area contributed by atoms with E-state index >= 15 is 0 Å². The van der Waals surface area contributed by atoms with E-state index in [2.05, 4.69) is 71.6 Å². The van der Waals surface area contributed by atoms with Crippen LogP contribution in [-0.2, 0) is 5.41 Å². The van der Waals surface area contributed by atoms with Crippen LogP contribution in [0.25, 0.3) is 0 Å². The molecule has 0 saturated heterocycles. The average Bonchev–Trinajstić information content (AvgIpc) is 2.48. The Morgan fingerprint density at radius 1 is 1.09 bits per heavy atom. The summed E-state index contributed by atoms with van der Waals surface area (Å²) in [7, 11) is 0. The Kier molecular flexibility index (Phi) is 5.24. The number of para-hydroxylation sites is 1. The highest BCUT2D eigenvalue weighted by Gasteiger charge is 2.21. The normalized spacial score (nSPS) is 11.1. The summed E-state index contributed by atoms with van der Waals surface area (Å²) in [5.41, 5.74) is 3.07. The summed E-state index contributed by atoms with van der Waals surface area (Å²) in [6.45, 7) is 6.87. The van der Waals surface area contributed by atoms with Crippen molar-refractivity contribution in [2.45, 2.75) is 26.2 Å². The van der Waals surface area contributed by atoms with Gasteiger partial charge >= 0.3 is 6.03 Å². The van der Waals surface area contributed by atoms with Crippen molar-refractivity contribution in [2.24, 2.45) is 0 Å². The molecule has 4 heteroatoms. The Bertz CT molecular complexity index is 650. The van der Waals surface area contributed by atoms with Gasteiger partial charge in [0.05, 0.1) is 5.69 Å². The molecule has 0 aliphatic heterocycles. The van der Waals surface area contributed by atoms with E-state index in [0.29, 0.717) is 6.54 Å². The van der Waals surface area contributed by atoms with Crippen LogP contribution < -0.4 is 10.6 Å². The minimum atomic E-state index is -0.202. The molecule has 3 nitrogen and oxygen atoms in total. The van der Waals surface area contributed by atoms with Crippen molar-refractivity contribution in [3.05, 3.63) is 64.1 Å². The molecule has 2 amide bonds. The number of nitrogens with one attached hydrogen (secondary N) is 2. The lowest BCUT2D eigenvalue weighted by Gasteiger charge is -2.26. The minimum Gasteiger partial charge on any atom is -0.337 e. The molecular weight excluding hydrogens is 340 g/mol. The van der Waals surface area contributed by atoms with Gasteiger partial charge in [0, 0.05) is 16.4 Å². The monoisotopic (exact) mass is 360 g/mol. The molecule has 2 aromatic carbocycles. The van der Waals surface area contributed by atoms with Crippen LogP contribution in [0.4, 0.5) is 10.5 Å². The zero-order valence-corrected chi connectivity index (χ0v) is 14.7. The topological polar surface area (TPSA) is 41.1 Å². The predicted molar refractivity (Wildman–Crippen MR) is 95.4 cm³/mol. The van der Waals surface area contributed by atoms with Crippen LogP contribution in [0, 0.1) is 6.92 Å². The molecule has 0 bridgehead atoms. The van der Waals surface area contributed by atoms with E-state index in [-0.39, 0.29) is 11.4 Å². The zero-order valence-electron chi connectivity index (χ0n) is 13.1. The largest absolute Gasteiger partial charge is 0.337 e. The van der Waals surface area contributed by atoms with Gasteiger partial charge in [0.25, 0.3) is 0 Å². The van der Waals surface area contributed by atoms with Gasteiger partial charge in [0.15, 0.2) is 0 Å². The van der Waals surface area contributed by atoms with Gasteiger partial charge in [-0.05, 0) is 40.5 Å². The van der Waals surface area contributed by atoms with E-state index < -0.39 is 0 Å². The van der Waals surface area contributed by atoms with Crippen molar-refractivity contribution in [2.75, 3.05) is 11.9 Å². The standard InChI is InChI=1S/C18H21BrN2O/c1-13-8-10-14(11-9-13)18(2,3)12-20-17(22)21-16-7-5-4-6-15(16)19/h4-11H,12H2,1-3H3,(H2,20,21,22). The highest BCUT2D eigenvalue weighted by atomic mass is 79.9. The quantitative estimate of drug-likeness (QED) is 0.803. The molecule has 0 saturated carbocycles. The molecule has 2 rings (SSSR count). The summed E-state index contributed by atoms with van der Waals surface area (Å²) in [6.07, 6.45) is 0. The highest BCUT2D eigenvalue weighted by molar-refractivity contribution is 9.10. The molecular formula is C18H21BrN2O. The van der Waals surface area contributed by atoms with Crippen LogP contribution >= 0.6 is 15.9 Å². The van der Waals surface area contributed by atoms with Gasteiger partial charge in [-0.25, -0.2) is 4.79 Å². The molecule has 22 heavy (non-hydrogen) atoms. The van der Waals surface area contributed by atoms with Crippen molar-refractivity contribution in [3.8, 4) is 0 Å². The van der Waals surface area contributed by atoms with Crippen molar-refractivity contribution >= 4 is 27.6 Å². The van der Waals surface area contributed by atoms with Gasteiger partial charge in [-0.1, -0.05) is 55.8 Å². The van der Waals surface area contributed by atoms with Gasteiger partial charge in [-0.2, -0.15) is 0 Å². The second-order valence-electron chi connectivity index (χ2n) is 6.04. The first-order valence-corrected chi connectivity index (χ1v) is 8.04. The molecule has 0 heterocycles. The maximum atomic E-state index is 12.1. The van der Waals surface area contributed by atoms with Crippen molar-refractivity contribution in [1.82, 2.24) is 5.32 Å². The summed E-state index contributed by atoms with van der Waals surface area (Å²) < 4.78 is 0.864. The first-order valence-electron chi connectivity index (χ1n) is 7.25. The molecule has 0 atom stereocenters. The van der Waals surface area contributed by atoms with E-state index in [4.69, 9.17) is 0 Å². The van der Waals surface area contributed by atoms with E-state index in [1.54, 1.807) is 0 Å². The molecule has 0 aromatic heterocycles. The summed E-state index contributed by atoms with van der Waals surface area (Å²) in [5.74, 6) is 0. The van der Waals surface area contributed by atoms with E-state index in [0.717, 1.165) is 10.2 Å². The highest BCUT2D eigenvalue weighted by Crippen LogP contribution is 2.23. The third-order valence-corrected chi connectivity index (χ3v) is 4.34. The zero-order chi connectivity index (χ0) is 16.2. The van der Waals surface area contributed by atoms with Gasteiger partial charge in [0.2, 0.25) is 0 Å². The third-order valence-electron chi connectivity index (χ3n) is 3.65. The van der Waals surface area contributed by atoms with Crippen molar-refractivity contribution < 1.29 is 4.79 Å². The second kappa shape index (κ2) is 6.97. The first kappa shape index (κ1) is 16.6. The number of urea groups is 1. The molecule has 2 N–H and O–H groups in total. The van der Waals surface area contributed by atoms with Crippen molar-refractivity contribution in [1.29, 1.82) is 0 Å². The first-order chi connectivity index (χ1) is 10.4. The van der Waals surface area contributed by atoms with Gasteiger partial charge in [-0.15, -0.1) is 0 Å². The molecule has 0 aliphatic carbocycles. The summed E-state index contributed by atoms with van der Waals surface area (Å²) in [5, 5.41) is 5.79. The van der Waals surface area contributed by atoms with Crippen LogP contribution in [0.5, 0.6) is 0 Å². The number of benzene rings is 2. The van der Waals surface area contributed by atoms with Crippen LogP contribution in [0.1, 0.15) is 25.0 Å². The van der Waals surface area contributed by atoms with E-state index in [1.165, 1.54) is 11.1 Å². The number of anilines is 1. The SMILES string of the molecule is Cc1ccc(C(C)(C)CNC(=O)Nc2ccccc2Br)cc1. The third kappa shape index (κ3) is 4.34. The molecule has 116 valence electrons. The Morgan fingerprint density at radius 2 is 1.73 bits per heavy atom. The van der Waals surface area contributed by atoms with Crippen molar-refractivity contribution in [3.63, 3.8) is 0 Å². The molecule has 0 fully saturated rings. The maximum absolute atomic E-state index is 12.1. The fraction of sp³-hybridized carbons (Fsp3) is 0.278. The van der Waals surface area contributed by atoms with Gasteiger partial charge in [-0.3, -0.25) is 0 Å². The number of rotatable bonds is 4. The van der Waals surface area contributed by atoms with E-state index in [9.17, 15) is 4.79 Å². The van der Waals surface area contributed by atoms with Gasteiger partial charge < -0.3 is 10.6 Å². The summed E-state index contributed by atoms with van der Waals surface area (Å²) in [4.78, 5) is 12.1. The smallest absolute Gasteiger partial charge is 0.319 e. The van der Waals surface area contributed by atoms with Crippen LogP contribution in [0.15, 0.2) is 53.0 Å². The molecule has 0 spiro atoms. The number of aryl methyl sites for hydroxylation is 1. The van der Waals surface area contributed by atoms with Crippen LogP contribution in [-0.4, -0.2) is 12.6 Å². The second-order valence-corrected chi connectivity index (χ2v) is 6.89. The number of hydrogen-bond acceptors (Lipinski definition) is 1.